The maximum atomic E-state index is 11.8. The van der Waals surface area contributed by atoms with Gasteiger partial charge in [-0.3, -0.25) is 4.79 Å². The Hall–Kier alpha value is -2.37. The molecule has 1 aromatic carbocycles. The molecule has 2 N–H and O–H groups in total. The van der Waals surface area contributed by atoms with E-state index in [9.17, 15) is 4.79 Å². The summed E-state index contributed by atoms with van der Waals surface area (Å²) in [7, 11) is 0. The van der Waals surface area contributed by atoms with Crippen molar-refractivity contribution in [2.24, 2.45) is 0 Å². The van der Waals surface area contributed by atoms with E-state index in [0.29, 0.717) is 0 Å². The second-order valence-corrected chi connectivity index (χ2v) is 4.19. The van der Waals surface area contributed by atoms with Crippen molar-refractivity contribution in [1.29, 1.82) is 0 Å². The van der Waals surface area contributed by atoms with Crippen LogP contribution in [0.15, 0.2) is 30.9 Å². The lowest BCUT2D eigenvalue weighted by Crippen LogP contribution is -2.19. The number of nitrogens with zero attached hydrogens (tertiary/aromatic N) is 3. The van der Waals surface area contributed by atoms with Crippen LogP contribution in [0.4, 0.5) is 11.4 Å². The molecule has 3 rings (SSSR count). The first-order valence-electron chi connectivity index (χ1n) is 5.80. The Morgan fingerprint density at radius 3 is 3.28 bits per heavy atom. The molecule has 0 unspecified atom stereocenters. The van der Waals surface area contributed by atoms with Crippen LogP contribution >= 0.6 is 0 Å². The number of rotatable bonds is 3. The Labute approximate surface area is 104 Å². The third kappa shape index (κ3) is 2.17. The van der Waals surface area contributed by atoms with E-state index in [4.69, 9.17) is 0 Å². The van der Waals surface area contributed by atoms with Crippen LogP contribution in [0.1, 0.15) is 5.56 Å². The monoisotopic (exact) mass is 243 g/mol. The van der Waals surface area contributed by atoms with E-state index in [1.807, 2.05) is 18.2 Å². The molecule has 0 saturated carbocycles. The molecule has 1 aliphatic rings. The number of hydrogen-bond donors (Lipinski definition) is 2. The predicted molar refractivity (Wildman–Crippen MR) is 67.3 cm³/mol. The van der Waals surface area contributed by atoms with Crippen molar-refractivity contribution >= 4 is 17.3 Å². The average Bonchev–Trinajstić information content (AvgIpc) is 2.98. The van der Waals surface area contributed by atoms with Crippen molar-refractivity contribution in [2.75, 3.05) is 17.2 Å². The van der Waals surface area contributed by atoms with E-state index in [-0.39, 0.29) is 12.5 Å². The summed E-state index contributed by atoms with van der Waals surface area (Å²) in [5.74, 6) is -0.105. The molecule has 1 aliphatic heterocycles. The minimum Gasteiger partial charge on any atom is -0.384 e. The van der Waals surface area contributed by atoms with Crippen LogP contribution in [0, 0.1) is 0 Å². The summed E-state index contributed by atoms with van der Waals surface area (Å²) < 4.78 is 1.49. The quantitative estimate of drug-likeness (QED) is 0.839. The van der Waals surface area contributed by atoms with Gasteiger partial charge in [0.05, 0.1) is 0 Å². The molecule has 0 spiro atoms. The van der Waals surface area contributed by atoms with Gasteiger partial charge in [-0.05, 0) is 30.2 Å². The van der Waals surface area contributed by atoms with Crippen molar-refractivity contribution in [2.45, 2.75) is 13.0 Å². The number of carbonyl (C=O) groups is 1. The molecule has 6 nitrogen and oxygen atoms in total. The number of carbonyl (C=O) groups excluding carboxylic acids is 1. The lowest BCUT2D eigenvalue weighted by Gasteiger charge is -2.07. The number of fused-ring (bicyclic) bond motifs is 1. The number of anilines is 2. The molecule has 18 heavy (non-hydrogen) atoms. The highest BCUT2D eigenvalue weighted by Crippen LogP contribution is 2.25. The predicted octanol–water partition coefficient (Wildman–Crippen LogP) is 0.885. The van der Waals surface area contributed by atoms with E-state index >= 15 is 0 Å². The van der Waals surface area contributed by atoms with Gasteiger partial charge in [0.25, 0.3) is 0 Å². The number of aromatic nitrogens is 3. The van der Waals surface area contributed by atoms with Gasteiger partial charge in [-0.1, -0.05) is 0 Å². The van der Waals surface area contributed by atoms with Crippen molar-refractivity contribution in [3.63, 3.8) is 0 Å². The van der Waals surface area contributed by atoms with Crippen LogP contribution in [-0.4, -0.2) is 27.2 Å². The second kappa shape index (κ2) is 4.48. The molecule has 0 aliphatic carbocycles. The van der Waals surface area contributed by atoms with Gasteiger partial charge in [-0.15, -0.1) is 0 Å². The summed E-state index contributed by atoms with van der Waals surface area (Å²) in [4.78, 5) is 15.6. The van der Waals surface area contributed by atoms with Gasteiger partial charge >= 0.3 is 0 Å². The molecule has 1 aromatic heterocycles. The topological polar surface area (TPSA) is 71.8 Å². The molecule has 0 bridgehead atoms. The summed E-state index contributed by atoms with van der Waals surface area (Å²) in [5.41, 5.74) is 3.22. The standard InChI is InChI=1S/C12H13N5O/c18-12(6-17-8-13-7-15-17)16-10-1-2-11-9(5-10)3-4-14-11/h1-2,5,7-8,14H,3-4,6H2,(H,16,18). The van der Waals surface area contributed by atoms with E-state index < -0.39 is 0 Å². The van der Waals surface area contributed by atoms with Crippen LogP contribution in [-0.2, 0) is 17.8 Å². The van der Waals surface area contributed by atoms with Gasteiger partial charge in [0.15, 0.2) is 0 Å². The number of benzene rings is 1. The van der Waals surface area contributed by atoms with Crippen LogP contribution in [0.2, 0.25) is 0 Å². The molecular formula is C12H13N5O. The Bertz CT molecular complexity index is 564. The van der Waals surface area contributed by atoms with Crippen LogP contribution in [0.3, 0.4) is 0 Å². The minimum atomic E-state index is -0.105. The first-order valence-corrected chi connectivity index (χ1v) is 5.80. The van der Waals surface area contributed by atoms with E-state index in [1.165, 1.54) is 22.9 Å². The zero-order valence-electron chi connectivity index (χ0n) is 9.76. The Morgan fingerprint density at radius 1 is 1.50 bits per heavy atom. The van der Waals surface area contributed by atoms with Gasteiger partial charge in [0.2, 0.25) is 5.91 Å². The lowest BCUT2D eigenvalue weighted by molar-refractivity contribution is -0.116. The van der Waals surface area contributed by atoms with E-state index in [1.54, 1.807) is 0 Å². The third-order valence-electron chi connectivity index (χ3n) is 2.87. The Kier molecular flexibility index (Phi) is 2.68. The SMILES string of the molecule is O=C(Cn1cncn1)Nc1ccc2c(c1)CCN2. The van der Waals surface area contributed by atoms with Crippen LogP contribution in [0.25, 0.3) is 0 Å². The number of amides is 1. The maximum absolute atomic E-state index is 11.8. The number of hydrogen-bond acceptors (Lipinski definition) is 4. The summed E-state index contributed by atoms with van der Waals surface area (Å²) in [6.07, 6.45) is 3.93. The third-order valence-corrected chi connectivity index (χ3v) is 2.87. The molecule has 0 fully saturated rings. The number of nitrogens with one attached hydrogen (secondary N) is 2. The van der Waals surface area contributed by atoms with Gasteiger partial charge in [-0.25, -0.2) is 9.67 Å². The highest BCUT2D eigenvalue weighted by atomic mass is 16.2. The van der Waals surface area contributed by atoms with Crippen molar-refractivity contribution < 1.29 is 4.79 Å². The molecule has 2 aromatic rings. The summed E-state index contributed by atoms with van der Waals surface area (Å²) in [6, 6.07) is 5.90. The Morgan fingerprint density at radius 2 is 2.44 bits per heavy atom. The lowest BCUT2D eigenvalue weighted by atomic mass is 10.1. The smallest absolute Gasteiger partial charge is 0.246 e. The zero-order valence-corrected chi connectivity index (χ0v) is 9.76. The fraction of sp³-hybridized carbons (Fsp3) is 0.250. The highest BCUT2D eigenvalue weighted by Gasteiger charge is 2.11. The normalized spacial score (nSPS) is 12.9. The van der Waals surface area contributed by atoms with Crippen LogP contribution in [0.5, 0.6) is 0 Å². The molecule has 92 valence electrons. The molecule has 0 atom stereocenters. The first-order chi connectivity index (χ1) is 8.81. The van der Waals surface area contributed by atoms with Gasteiger partial charge in [0, 0.05) is 17.9 Å². The molecule has 1 amide bonds. The van der Waals surface area contributed by atoms with Gasteiger partial charge in [0.1, 0.15) is 19.2 Å². The summed E-state index contributed by atoms with van der Waals surface area (Å²) >= 11 is 0. The zero-order chi connectivity index (χ0) is 12.4. The molecule has 0 saturated heterocycles. The fourth-order valence-corrected chi connectivity index (χ4v) is 2.04. The minimum absolute atomic E-state index is 0.105. The van der Waals surface area contributed by atoms with Crippen molar-refractivity contribution in [1.82, 2.24) is 14.8 Å². The van der Waals surface area contributed by atoms with Gasteiger partial charge < -0.3 is 10.6 Å². The molecule has 0 radical (unpaired) electrons. The first kappa shape index (κ1) is 10.8. The molecule has 6 heteroatoms. The molecule has 2 heterocycles. The van der Waals surface area contributed by atoms with E-state index in [2.05, 4.69) is 20.7 Å². The van der Waals surface area contributed by atoms with E-state index in [0.717, 1.165) is 24.3 Å². The van der Waals surface area contributed by atoms with Crippen molar-refractivity contribution in [3.8, 4) is 0 Å². The van der Waals surface area contributed by atoms with Gasteiger partial charge in [-0.2, -0.15) is 5.10 Å². The Balaban J connectivity index is 1.67. The summed E-state index contributed by atoms with van der Waals surface area (Å²) in [6.45, 7) is 1.14. The largest absolute Gasteiger partial charge is 0.384 e. The molecular weight excluding hydrogens is 230 g/mol. The second-order valence-electron chi connectivity index (χ2n) is 4.19. The van der Waals surface area contributed by atoms with Crippen molar-refractivity contribution in [3.05, 3.63) is 36.4 Å². The van der Waals surface area contributed by atoms with Crippen LogP contribution < -0.4 is 10.6 Å². The summed E-state index contributed by atoms with van der Waals surface area (Å²) in [5, 5.41) is 10.0. The highest BCUT2D eigenvalue weighted by molar-refractivity contribution is 5.91. The average molecular weight is 243 g/mol. The maximum Gasteiger partial charge on any atom is 0.246 e. The fourth-order valence-electron chi connectivity index (χ4n) is 2.04.